The third kappa shape index (κ3) is 1.92. The highest BCUT2D eigenvalue weighted by Gasteiger charge is 2.59. The lowest BCUT2D eigenvalue weighted by molar-refractivity contribution is -0.118. The van der Waals surface area contributed by atoms with Gasteiger partial charge >= 0.3 is 0 Å². The number of carbonyl (C=O) groups excluding carboxylic acids is 1. The molecule has 0 aromatic heterocycles. The predicted octanol–water partition coefficient (Wildman–Crippen LogP) is 3.46. The van der Waals surface area contributed by atoms with Crippen molar-refractivity contribution in [3.8, 4) is 0 Å². The molecule has 1 saturated heterocycles. The zero-order valence-corrected chi connectivity index (χ0v) is 13.7. The molecule has 0 spiro atoms. The van der Waals surface area contributed by atoms with E-state index in [-0.39, 0.29) is 17.1 Å². The minimum atomic E-state index is -0.609. The Morgan fingerprint density at radius 3 is 2.58 bits per heavy atom. The molecule has 24 heavy (non-hydrogen) atoms. The van der Waals surface area contributed by atoms with Crippen molar-refractivity contribution in [3.63, 3.8) is 0 Å². The predicted molar refractivity (Wildman–Crippen MR) is 93.1 cm³/mol. The number of amides is 1. The van der Waals surface area contributed by atoms with E-state index in [9.17, 15) is 9.18 Å². The first-order valence-corrected chi connectivity index (χ1v) is 8.07. The van der Waals surface area contributed by atoms with Gasteiger partial charge in [0.2, 0.25) is 5.91 Å². The Kier molecular flexibility index (Phi) is 3.07. The lowest BCUT2D eigenvalue weighted by Crippen LogP contribution is -2.58. The fourth-order valence-electron chi connectivity index (χ4n) is 3.93. The Bertz CT molecular complexity index is 841. The third-order valence-corrected chi connectivity index (χ3v) is 5.27. The molecule has 4 rings (SSSR count). The molecule has 1 amide bonds. The van der Waals surface area contributed by atoms with Gasteiger partial charge in [-0.2, -0.15) is 0 Å². The first-order chi connectivity index (χ1) is 11.4. The van der Waals surface area contributed by atoms with Crippen LogP contribution in [0.5, 0.6) is 0 Å². The van der Waals surface area contributed by atoms with Gasteiger partial charge in [-0.25, -0.2) is 4.39 Å². The molecule has 2 heterocycles. The molecule has 1 unspecified atom stereocenters. The van der Waals surface area contributed by atoms with Gasteiger partial charge in [0.25, 0.3) is 0 Å². The molecule has 0 aliphatic carbocycles. The third-order valence-electron chi connectivity index (χ3n) is 5.27. The maximum absolute atomic E-state index is 13.1. The van der Waals surface area contributed by atoms with Crippen molar-refractivity contribution in [3.05, 3.63) is 71.6 Å². The van der Waals surface area contributed by atoms with Crippen LogP contribution in [0.25, 0.3) is 6.08 Å². The number of hydrogen-bond acceptors (Lipinski definition) is 2. The molecule has 3 nitrogen and oxygen atoms in total. The second kappa shape index (κ2) is 4.94. The molecule has 2 aliphatic heterocycles. The summed E-state index contributed by atoms with van der Waals surface area (Å²) in [5, 5.41) is 3.17. The van der Waals surface area contributed by atoms with E-state index in [0.29, 0.717) is 6.54 Å². The number of halogens is 1. The summed E-state index contributed by atoms with van der Waals surface area (Å²) in [5.41, 5.74) is 2.31. The highest BCUT2D eigenvalue weighted by Crippen LogP contribution is 2.52. The topological polar surface area (TPSA) is 32.3 Å². The van der Waals surface area contributed by atoms with Crippen LogP contribution in [0.15, 0.2) is 54.6 Å². The number of rotatable bonds is 2. The smallest absolute Gasteiger partial charge is 0.241 e. The van der Waals surface area contributed by atoms with Crippen LogP contribution in [0.3, 0.4) is 0 Å². The van der Waals surface area contributed by atoms with Gasteiger partial charge in [-0.3, -0.25) is 4.79 Å². The fourth-order valence-corrected chi connectivity index (χ4v) is 3.93. The van der Waals surface area contributed by atoms with Crippen LogP contribution < -0.4 is 10.2 Å². The number of para-hydroxylation sites is 1. The van der Waals surface area contributed by atoms with Crippen LogP contribution in [0, 0.1) is 5.82 Å². The van der Waals surface area contributed by atoms with E-state index in [1.54, 1.807) is 12.1 Å². The van der Waals surface area contributed by atoms with E-state index in [0.717, 1.165) is 11.3 Å². The number of hydrogen-bond donors (Lipinski definition) is 1. The normalized spacial score (nSPS) is 24.1. The summed E-state index contributed by atoms with van der Waals surface area (Å²) in [6.45, 7) is 4.63. The highest BCUT2D eigenvalue weighted by atomic mass is 19.1. The van der Waals surface area contributed by atoms with Gasteiger partial charge in [0.15, 0.2) is 0 Å². The van der Waals surface area contributed by atoms with Gasteiger partial charge in [-0.1, -0.05) is 50.3 Å². The van der Waals surface area contributed by atoms with Gasteiger partial charge in [-0.05, 0) is 35.4 Å². The van der Waals surface area contributed by atoms with Crippen LogP contribution in [-0.2, 0) is 10.2 Å². The Balaban J connectivity index is 1.82. The van der Waals surface area contributed by atoms with E-state index in [1.165, 1.54) is 17.7 Å². The van der Waals surface area contributed by atoms with E-state index < -0.39 is 5.66 Å². The van der Waals surface area contributed by atoms with Crippen LogP contribution in [0.4, 0.5) is 10.1 Å². The molecule has 2 aromatic carbocycles. The van der Waals surface area contributed by atoms with Crippen molar-refractivity contribution in [1.82, 2.24) is 5.32 Å². The summed E-state index contributed by atoms with van der Waals surface area (Å²) in [7, 11) is 0. The number of carbonyl (C=O) groups is 1. The monoisotopic (exact) mass is 322 g/mol. The SMILES string of the molecule is CC1(C)c2ccccc2N2CC(=O)NC21/C=C/c1ccc(F)cc1. The highest BCUT2D eigenvalue weighted by molar-refractivity contribution is 5.91. The second-order valence-electron chi connectivity index (χ2n) is 6.93. The quantitative estimate of drug-likeness (QED) is 0.918. The molecule has 122 valence electrons. The number of nitrogens with one attached hydrogen (secondary N) is 1. The molecule has 0 radical (unpaired) electrons. The maximum atomic E-state index is 13.1. The maximum Gasteiger partial charge on any atom is 0.241 e. The first kappa shape index (κ1) is 14.9. The van der Waals surface area contributed by atoms with Crippen molar-refractivity contribution in [2.45, 2.75) is 24.9 Å². The van der Waals surface area contributed by atoms with E-state index in [1.807, 2.05) is 24.3 Å². The Morgan fingerprint density at radius 1 is 1.12 bits per heavy atom. The Morgan fingerprint density at radius 2 is 1.83 bits per heavy atom. The lowest BCUT2D eigenvalue weighted by atomic mass is 9.75. The van der Waals surface area contributed by atoms with Crippen molar-refractivity contribution < 1.29 is 9.18 Å². The van der Waals surface area contributed by atoms with Crippen LogP contribution >= 0.6 is 0 Å². The number of fused-ring (bicyclic) bond motifs is 3. The standard InChI is InChI=1S/C20H19FN2O/c1-19(2)16-5-3-4-6-17(16)23-13-18(24)22-20(19,23)12-11-14-7-9-15(21)10-8-14/h3-12H,13H2,1-2H3,(H,22,24)/b12-11+. The number of benzene rings is 2. The van der Waals surface area contributed by atoms with Crippen LogP contribution in [0.2, 0.25) is 0 Å². The molecule has 0 bridgehead atoms. The number of nitrogens with zero attached hydrogens (tertiary/aromatic N) is 1. The summed E-state index contributed by atoms with van der Waals surface area (Å²) >= 11 is 0. The van der Waals surface area contributed by atoms with Crippen molar-refractivity contribution in [1.29, 1.82) is 0 Å². The zero-order valence-electron chi connectivity index (χ0n) is 13.7. The molecule has 1 N–H and O–H groups in total. The van der Waals surface area contributed by atoms with Gasteiger partial charge in [0.05, 0.1) is 6.54 Å². The minimum Gasteiger partial charge on any atom is -0.335 e. The molecule has 1 atom stereocenters. The largest absolute Gasteiger partial charge is 0.335 e. The van der Waals surface area contributed by atoms with Crippen molar-refractivity contribution in [2.24, 2.45) is 0 Å². The summed E-state index contributed by atoms with van der Waals surface area (Å²) in [5.74, 6) is -0.240. The molecule has 1 fully saturated rings. The summed E-state index contributed by atoms with van der Waals surface area (Å²) in [6, 6.07) is 14.6. The summed E-state index contributed by atoms with van der Waals surface area (Å²) < 4.78 is 13.1. The minimum absolute atomic E-state index is 0.0151. The molecule has 2 aromatic rings. The van der Waals surface area contributed by atoms with Crippen LogP contribution in [-0.4, -0.2) is 18.1 Å². The molecular weight excluding hydrogens is 303 g/mol. The number of anilines is 1. The van der Waals surface area contributed by atoms with Crippen molar-refractivity contribution in [2.75, 3.05) is 11.4 Å². The molecular formula is C20H19FN2O. The second-order valence-corrected chi connectivity index (χ2v) is 6.93. The molecule has 4 heteroatoms. The molecule has 0 saturated carbocycles. The Labute approximate surface area is 140 Å². The van der Waals surface area contributed by atoms with Gasteiger partial charge in [0.1, 0.15) is 11.5 Å². The average Bonchev–Trinajstić information content (AvgIpc) is 2.99. The fraction of sp³-hybridized carbons (Fsp3) is 0.250. The lowest BCUT2D eigenvalue weighted by Gasteiger charge is -2.40. The van der Waals surface area contributed by atoms with Crippen molar-refractivity contribution >= 4 is 17.7 Å². The first-order valence-electron chi connectivity index (χ1n) is 8.07. The van der Waals surface area contributed by atoms with Gasteiger partial charge in [0, 0.05) is 11.1 Å². The average molecular weight is 322 g/mol. The molecule has 2 aliphatic rings. The van der Waals surface area contributed by atoms with E-state index in [2.05, 4.69) is 36.2 Å². The summed E-state index contributed by atoms with van der Waals surface area (Å²) in [6.07, 6.45) is 3.98. The van der Waals surface area contributed by atoms with Crippen LogP contribution in [0.1, 0.15) is 25.0 Å². The summed E-state index contributed by atoms with van der Waals surface area (Å²) in [4.78, 5) is 14.3. The Hall–Kier alpha value is -2.62. The van der Waals surface area contributed by atoms with E-state index >= 15 is 0 Å². The van der Waals surface area contributed by atoms with E-state index in [4.69, 9.17) is 0 Å². The van der Waals surface area contributed by atoms with Gasteiger partial charge < -0.3 is 10.2 Å². The van der Waals surface area contributed by atoms with Gasteiger partial charge in [-0.15, -0.1) is 0 Å². The zero-order chi connectivity index (χ0) is 16.9.